The maximum atomic E-state index is 11.8. The van der Waals surface area contributed by atoms with Gasteiger partial charge in [-0.3, -0.25) is 14.7 Å². The molecule has 0 fully saturated rings. The highest BCUT2D eigenvalue weighted by molar-refractivity contribution is 7.50. The van der Waals surface area contributed by atoms with Gasteiger partial charge in [0.05, 0.1) is 6.10 Å². The molecule has 0 radical (unpaired) electrons. The van der Waals surface area contributed by atoms with E-state index in [1.807, 2.05) is 32.1 Å². The predicted molar refractivity (Wildman–Crippen MR) is 110 cm³/mol. The molecule has 1 aliphatic rings. The lowest BCUT2D eigenvalue weighted by Gasteiger charge is -2.20. The molecule has 1 aliphatic carbocycles. The number of allylic oxidation sites excluding steroid dienone is 3. The summed E-state index contributed by atoms with van der Waals surface area (Å²) >= 11 is 0. The minimum absolute atomic E-state index is 0.102. The summed E-state index contributed by atoms with van der Waals surface area (Å²) in [5, 5.41) is 3.18. The predicted octanol–water partition coefficient (Wildman–Crippen LogP) is 4.41. The van der Waals surface area contributed by atoms with Crippen molar-refractivity contribution in [3.05, 3.63) is 47.1 Å². The van der Waals surface area contributed by atoms with Gasteiger partial charge in [0.25, 0.3) is 0 Å². The minimum atomic E-state index is -1.08. The molecule has 2 rings (SSSR count). The first-order chi connectivity index (χ1) is 13.0. The number of aldehydes is 1. The Balaban J connectivity index is 2.01. The third-order valence-electron chi connectivity index (χ3n) is 3.96. The largest absolute Gasteiger partial charge is 0.462 e. The van der Waals surface area contributed by atoms with Crippen LogP contribution < -0.4 is 9.61 Å². The first-order valence-electron chi connectivity index (χ1n) is 9.28. The summed E-state index contributed by atoms with van der Waals surface area (Å²) in [7, 11) is -1.08. The van der Waals surface area contributed by atoms with Crippen LogP contribution in [0.1, 0.15) is 44.7 Å². The van der Waals surface area contributed by atoms with Crippen molar-refractivity contribution >= 4 is 26.6 Å². The van der Waals surface area contributed by atoms with Crippen molar-refractivity contribution in [2.24, 2.45) is 0 Å². The summed E-state index contributed by atoms with van der Waals surface area (Å²) in [6.07, 6.45) is 10.4. The molecule has 1 N–H and O–H groups in total. The van der Waals surface area contributed by atoms with Gasteiger partial charge in [-0.2, -0.15) is 0 Å². The van der Waals surface area contributed by atoms with Gasteiger partial charge >= 0.3 is 5.97 Å². The number of ether oxygens (including phenoxy) is 1. The van der Waals surface area contributed by atoms with Crippen LogP contribution in [0.3, 0.4) is 0 Å². The molecule has 0 amide bonds. The number of hydrogen-bond donors (Lipinski definition) is 1. The Morgan fingerprint density at radius 1 is 1.37 bits per heavy atom. The Kier molecular flexibility index (Phi) is 8.70. The van der Waals surface area contributed by atoms with Crippen molar-refractivity contribution in [3.8, 4) is 5.75 Å². The van der Waals surface area contributed by atoms with E-state index in [0.29, 0.717) is 18.2 Å². The normalized spacial score (nSPS) is 14.6. The van der Waals surface area contributed by atoms with E-state index >= 15 is 0 Å². The highest BCUT2D eigenvalue weighted by atomic mass is 31.2. The maximum absolute atomic E-state index is 11.8. The zero-order valence-corrected chi connectivity index (χ0v) is 17.1. The average molecular weight is 389 g/mol. The molecule has 1 aromatic carbocycles. The molecular weight excluding hydrogens is 361 g/mol. The zero-order chi connectivity index (χ0) is 19.6. The SMILES string of the molecule is C/C(C=O)=C\CCP(NCC(=O)OC(C)C)Oc1ccc2c(c1)C=CCC2. The van der Waals surface area contributed by atoms with E-state index in [1.165, 1.54) is 11.1 Å². The summed E-state index contributed by atoms with van der Waals surface area (Å²) < 4.78 is 11.3. The number of carbonyl (C=O) groups excluding carboxylic acids is 2. The van der Waals surface area contributed by atoms with E-state index < -0.39 is 8.30 Å². The van der Waals surface area contributed by atoms with Crippen LogP contribution in [-0.4, -0.2) is 31.1 Å². The number of carbonyl (C=O) groups is 2. The fourth-order valence-corrected chi connectivity index (χ4v) is 4.01. The highest BCUT2D eigenvalue weighted by Gasteiger charge is 2.15. The number of esters is 1. The van der Waals surface area contributed by atoms with E-state index in [2.05, 4.69) is 23.3 Å². The minimum Gasteiger partial charge on any atom is -0.462 e. The summed E-state index contributed by atoms with van der Waals surface area (Å²) in [5.74, 6) is 0.487. The Labute approximate surface area is 162 Å². The van der Waals surface area contributed by atoms with Crippen molar-refractivity contribution in [1.82, 2.24) is 5.09 Å². The molecule has 146 valence electrons. The smallest absolute Gasteiger partial charge is 0.320 e. The zero-order valence-electron chi connectivity index (χ0n) is 16.2. The second-order valence-corrected chi connectivity index (χ2v) is 8.43. The topological polar surface area (TPSA) is 64.6 Å². The molecule has 0 heterocycles. The first-order valence-corrected chi connectivity index (χ1v) is 10.7. The number of benzene rings is 1. The maximum Gasteiger partial charge on any atom is 0.320 e. The molecule has 6 heteroatoms. The number of fused-ring (bicyclic) bond motifs is 1. The van der Waals surface area contributed by atoms with Gasteiger partial charge in [0.2, 0.25) is 0 Å². The van der Waals surface area contributed by atoms with Crippen LogP contribution in [0.2, 0.25) is 0 Å². The van der Waals surface area contributed by atoms with Gasteiger partial charge in [0.1, 0.15) is 18.6 Å². The molecule has 0 aliphatic heterocycles. The van der Waals surface area contributed by atoms with Crippen molar-refractivity contribution in [2.45, 2.75) is 46.1 Å². The number of aryl methyl sites for hydroxylation is 1. The quantitative estimate of drug-likeness (QED) is 0.278. The molecule has 27 heavy (non-hydrogen) atoms. The van der Waals surface area contributed by atoms with Gasteiger partial charge in [0.15, 0.2) is 8.30 Å². The molecule has 0 saturated heterocycles. The standard InChI is InChI=1S/C21H28NO4P/c1-16(2)25-21(24)14-22-27(12-6-7-17(3)15-23)26-20-11-10-18-8-4-5-9-19(18)13-20/h5,7,9-11,13,15-16,22H,4,6,8,12,14H2,1-3H3/b17-7+. The Hall–Kier alpha value is -1.97. The number of rotatable bonds is 10. The van der Waals surface area contributed by atoms with Crippen molar-refractivity contribution in [1.29, 1.82) is 0 Å². The van der Waals surface area contributed by atoms with E-state index in [9.17, 15) is 9.59 Å². The van der Waals surface area contributed by atoms with Crippen LogP contribution in [0.4, 0.5) is 0 Å². The third kappa shape index (κ3) is 7.66. The van der Waals surface area contributed by atoms with E-state index in [0.717, 1.165) is 24.9 Å². The summed E-state index contributed by atoms with van der Waals surface area (Å²) in [6, 6.07) is 6.13. The molecule has 1 unspecified atom stereocenters. The van der Waals surface area contributed by atoms with Gasteiger partial charge in [-0.25, -0.2) is 0 Å². The van der Waals surface area contributed by atoms with E-state index in [1.54, 1.807) is 6.92 Å². The second-order valence-electron chi connectivity index (χ2n) is 6.72. The van der Waals surface area contributed by atoms with Crippen LogP contribution in [-0.2, 0) is 20.7 Å². The molecule has 1 atom stereocenters. The van der Waals surface area contributed by atoms with Crippen LogP contribution in [0.25, 0.3) is 6.08 Å². The molecule has 0 bridgehead atoms. The number of nitrogens with one attached hydrogen (secondary N) is 1. The molecule has 5 nitrogen and oxygen atoms in total. The molecular formula is C21H28NO4P. The summed E-state index contributed by atoms with van der Waals surface area (Å²) in [6.45, 7) is 5.53. The third-order valence-corrected chi connectivity index (χ3v) is 5.57. The monoisotopic (exact) mass is 389 g/mol. The van der Waals surface area contributed by atoms with E-state index in [-0.39, 0.29) is 18.6 Å². The molecule has 0 aromatic heterocycles. The van der Waals surface area contributed by atoms with Crippen LogP contribution in [0.5, 0.6) is 5.75 Å². The van der Waals surface area contributed by atoms with Crippen LogP contribution in [0, 0.1) is 0 Å². The Bertz CT molecular complexity index is 712. The van der Waals surface area contributed by atoms with Gasteiger partial charge in [-0.1, -0.05) is 24.3 Å². The summed E-state index contributed by atoms with van der Waals surface area (Å²) in [4.78, 5) is 22.6. The van der Waals surface area contributed by atoms with Crippen molar-refractivity contribution in [3.63, 3.8) is 0 Å². The van der Waals surface area contributed by atoms with Crippen molar-refractivity contribution in [2.75, 3.05) is 12.7 Å². The van der Waals surface area contributed by atoms with Gasteiger partial charge < -0.3 is 9.26 Å². The Morgan fingerprint density at radius 2 is 2.19 bits per heavy atom. The highest BCUT2D eigenvalue weighted by Crippen LogP contribution is 2.36. The lowest BCUT2D eigenvalue weighted by Crippen LogP contribution is -2.25. The lowest BCUT2D eigenvalue weighted by atomic mass is 9.97. The van der Waals surface area contributed by atoms with Crippen LogP contribution >= 0.6 is 8.30 Å². The average Bonchev–Trinajstić information content (AvgIpc) is 2.65. The molecule has 0 spiro atoms. The second kappa shape index (κ2) is 11.0. The Morgan fingerprint density at radius 3 is 2.93 bits per heavy atom. The van der Waals surface area contributed by atoms with Crippen LogP contribution in [0.15, 0.2) is 35.9 Å². The van der Waals surface area contributed by atoms with Gasteiger partial charge in [-0.15, -0.1) is 0 Å². The summed E-state index contributed by atoms with van der Waals surface area (Å²) in [5.41, 5.74) is 3.21. The van der Waals surface area contributed by atoms with Gasteiger partial charge in [0, 0.05) is 6.16 Å². The first kappa shape index (κ1) is 21.3. The number of hydrogen-bond acceptors (Lipinski definition) is 5. The fraction of sp³-hybridized carbons (Fsp3) is 0.429. The molecule has 0 saturated carbocycles. The lowest BCUT2D eigenvalue weighted by molar-refractivity contribution is -0.145. The van der Waals surface area contributed by atoms with Crippen molar-refractivity contribution < 1.29 is 18.8 Å². The molecule has 1 aromatic rings. The fourth-order valence-electron chi connectivity index (χ4n) is 2.66. The van der Waals surface area contributed by atoms with Gasteiger partial charge in [-0.05, 0) is 68.9 Å². The van der Waals surface area contributed by atoms with E-state index in [4.69, 9.17) is 9.26 Å².